The third-order valence-corrected chi connectivity index (χ3v) is 6.20. The molecule has 6 heteroatoms. The van der Waals surface area contributed by atoms with Crippen molar-refractivity contribution in [2.45, 2.75) is 31.6 Å². The number of halogens is 2. The third-order valence-electron chi connectivity index (χ3n) is 5.30. The number of carbonyl (C=O) groups excluding carboxylic acids is 1. The molecule has 2 heterocycles. The Balaban J connectivity index is 0.000000143. The molecule has 2 unspecified atom stereocenters. The summed E-state index contributed by atoms with van der Waals surface area (Å²) >= 11 is 17.3. The fourth-order valence-electron chi connectivity index (χ4n) is 4.04. The van der Waals surface area contributed by atoms with E-state index >= 15 is 0 Å². The van der Waals surface area contributed by atoms with Gasteiger partial charge in [-0.05, 0) is 42.5 Å². The average molecular weight is 417 g/mol. The first-order valence-electron chi connectivity index (χ1n) is 8.99. The van der Waals surface area contributed by atoms with Crippen LogP contribution >= 0.6 is 35.4 Å². The summed E-state index contributed by atoms with van der Waals surface area (Å²) in [5.74, 6) is 0.529. The molecule has 1 N–H and O–H groups in total. The highest BCUT2D eigenvalue weighted by atomic mass is 35.5. The smallest absolute Gasteiger partial charge is 0.228 e. The van der Waals surface area contributed by atoms with Crippen LogP contribution in [0.15, 0.2) is 41.4 Å². The number of hydrogen-bond donors (Lipinski definition) is 1. The van der Waals surface area contributed by atoms with Gasteiger partial charge in [-0.1, -0.05) is 60.0 Å². The van der Waals surface area contributed by atoms with E-state index in [4.69, 9.17) is 35.4 Å². The van der Waals surface area contributed by atoms with Gasteiger partial charge in [0.1, 0.15) is 0 Å². The fraction of sp³-hybridized carbons (Fsp3) is 0.286. The molecule has 2 atom stereocenters. The fourth-order valence-corrected chi connectivity index (χ4v) is 4.84. The lowest BCUT2D eigenvalue weighted by molar-refractivity contribution is -0.120. The van der Waals surface area contributed by atoms with Gasteiger partial charge in [-0.3, -0.25) is 9.79 Å². The third kappa shape index (κ3) is 3.66. The van der Waals surface area contributed by atoms with Gasteiger partial charge in [0.05, 0.1) is 16.4 Å². The highest BCUT2D eigenvalue weighted by molar-refractivity contribution is 7.81. The van der Waals surface area contributed by atoms with Gasteiger partial charge in [0, 0.05) is 34.0 Å². The molecule has 1 amide bonds. The van der Waals surface area contributed by atoms with Crippen LogP contribution in [-0.2, 0) is 4.79 Å². The van der Waals surface area contributed by atoms with Crippen LogP contribution in [0.5, 0.6) is 0 Å². The number of aliphatic imine (C=N–C) groups is 1. The van der Waals surface area contributed by atoms with Gasteiger partial charge in [0.25, 0.3) is 0 Å². The van der Waals surface area contributed by atoms with Gasteiger partial charge in [0.2, 0.25) is 5.91 Å². The van der Waals surface area contributed by atoms with Crippen molar-refractivity contribution in [2.24, 2.45) is 10.9 Å². The lowest BCUT2D eigenvalue weighted by atomic mass is 9.84. The molecule has 138 valence electrons. The van der Waals surface area contributed by atoms with E-state index in [1.54, 1.807) is 6.07 Å². The van der Waals surface area contributed by atoms with E-state index in [0.717, 1.165) is 53.0 Å². The molecule has 0 saturated heterocycles. The Labute approximate surface area is 173 Å². The summed E-state index contributed by atoms with van der Waals surface area (Å²) in [5, 5.41) is 4.08. The minimum atomic E-state index is 0.110. The second-order valence-electron chi connectivity index (χ2n) is 6.94. The number of thiocarbonyl (C=S) groups is 1. The van der Waals surface area contributed by atoms with Crippen LogP contribution in [0.3, 0.4) is 0 Å². The Bertz CT molecular complexity index is 957. The lowest BCUT2D eigenvalue weighted by Crippen LogP contribution is -2.30. The first-order chi connectivity index (χ1) is 13.0. The molecule has 2 aromatic rings. The minimum absolute atomic E-state index is 0.110. The monoisotopic (exact) mass is 416 g/mol. The summed E-state index contributed by atoms with van der Waals surface area (Å²) < 4.78 is 0. The summed E-state index contributed by atoms with van der Waals surface area (Å²) in [6.45, 7) is 0. The predicted octanol–water partition coefficient (Wildman–Crippen LogP) is 6.34. The minimum Gasteiger partial charge on any atom is -0.324 e. The van der Waals surface area contributed by atoms with Crippen molar-refractivity contribution in [1.82, 2.24) is 0 Å². The Hall–Kier alpha value is -1.75. The SMILES string of the molecule is O=C1Nc2c(Cl)cc(Cl)cc2C2CCCC12.S=C1CC=Nc2ccccc21. The topological polar surface area (TPSA) is 41.5 Å². The Kier molecular flexibility index (Phi) is 5.31. The molecule has 27 heavy (non-hydrogen) atoms. The molecule has 5 rings (SSSR count). The highest BCUT2D eigenvalue weighted by Crippen LogP contribution is 2.48. The summed E-state index contributed by atoms with van der Waals surface area (Å²) in [6, 6.07) is 11.6. The Morgan fingerprint density at radius 1 is 1.11 bits per heavy atom. The van der Waals surface area contributed by atoms with E-state index < -0.39 is 0 Å². The van der Waals surface area contributed by atoms with Crippen molar-refractivity contribution in [3.63, 3.8) is 0 Å². The number of para-hydroxylation sites is 1. The zero-order valence-corrected chi connectivity index (χ0v) is 16.9. The van der Waals surface area contributed by atoms with E-state index in [2.05, 4.69) is 10.3 Å². The number of carbonyl (C=O) groups is 1. The van der Waals surface area contributed by atoms with Crippen LogP contribution in [0.25, 0.3) is 0 Å². The number of nitrogens with one attached hydrogen (secondary N) is 1. The average Bonchev–Trinajstić information content (AvgIpc) is 3.15. The molecule has 1 aliphatic carbocycles. The summed E-state index contributed by atoms with van der Waals surface area (Å²) in [6.07, 6.45) is 5.81. The standard InChI is InChI=1S/C12H11Cl2NO.C9H7NS/c13-6-4-9-7-2-1-3-8(7)12(16)15-11(9)10(14)5-6;11-9-5-6-10-8-4-2-1-3-7(8)9/h4-5,7-8H,1-3H2,(H,15,16);1-4,6H,5H2. The van der Waals surface area contributed by atoms with E-state index in [-0.39, 0.29) is 11.8 Å². The van der Waals surface area contributed by atoms with Crippen LogP contribution in [-0.4, -0.2) is 17.0 Å². The van der Waals surface area contributed by atoms with Crippen molar-refractivity contribution < 1.29 is 4.79 Å². The number of benzene rings is 2. The lowest BCUT2D eigenvalue weighted by Gasteiger charge is -2.28. The van der Waals surface area contributed by atoms with Gasteiger partial charge in [-0.15, -0.1) is 0 Å². The summed E-state index contributed by atoms with van der Waals surface area (Å²) in [4.78, 5) is 17.1. The van der Waals surface area contributed by atoms with Crippen LogP contribution in [0.2, 0.25) is 10.0 Å². The molecule has 0 radical (unpaired) electrons. The van der Waals surface area contributed by atoms with Gasteiger partial charge in [0.15, 0.2) is 0 Å². The predicted molar refractivity (Wildman–Crippen MR) is 116 cm³/mol. The molecule has 1 saturated carbocycles. The maximum Gasteiger partial charge on any atom is 0.228 e. The molecule has 0 spiro atoms. The maximum atomic E-state index is 11.9. The summed E-state index contributed by atoms with van der Waals surface area (Å²) in [5.41, 5.74) is 3.99. The second kappa shape index (κ2) is 7.70. The number of nitrogens with zero attached hydrogens (tertiary/aromatic N) is 1. The van der Waals surface area contributed by atoms with Gasteiger partial charge < -0.3 is 5.32 Å². The normalized spacial score (nSPS) is 22.1. The molecule has 3 aliphatic rings. The van der Waals surface area contributed by atoms with Crippen molar-refractivity contribution in [3.8, 4) is 0 Å². The molecule has 2 aliphatic heterocycles. The number of anilines is 1. The Morgan fingerprint density at radius 3 is 2.70 bits per heavy atom. The van der Waals surface area contributed by atoms with Crippen molar-refractivity contribution in [1.29, 1.82) is 0 Å². The van der Waals surface area contributed by atoms with Gasteiger partial charge in [-0.2, -0.15) is 0 Å². The summed E-state index contributed by atoms with van der Waals surface area (Å²) in [7, 11) is 0. The zero-order chi connectivity index (χ0) is 19.0. The molecule has 2 aromatic carbocycles. The van der Waals surface area contributed by atoms with Crippen LogP contribution in [0.4, 0.5) is 11.4 Å². The second-order valence-corrected chi connectivity index (χ2v) is 8.28. The van der Waals surface area contributed by atoms with E-state index in [1.165, 1.54) is 0 Å². The van der Waals surface area contributed by atoms with Crippen molar-refractivity contribution >= 4 is 63.8 Å². The van der Waals surface area contributed by atoms with E-state index in [1.807, 2.05) is 36.5 Å². The molecular weight excluding hydrogens is 399 g/mol. The van der Waals surface area contributed by atoms with Crippen molar-refractivity contribution in [3.05, 3.63) is 57.6 Å². The number of hydrogen-bond acceptors (Lipinski definition) is 3. The first kappa shape index (κ1) is 18.6. The first-order valence-corrected chi connectivity index (χ1v) is 10.2. The van der Waals surface area contributed by atoms with E-state index in [0.29, 0.717) is 16.0 Å². The molecular formula is C21H18Cl2N2OS. The number of rotatable bonds is 0. The van der Waals surface area contributed by atoms with Crippen LogP contribution in [0, 0.1) is 5.92 Å². The van der Waals surface area contributed by atoms with Gasteiger partial charge >= 0.3 is 0 Å². The Morgan fingerprint density at radius 2 is 1.89 bits per heavy atom. The van der Waals surface area contributed by atoms with Crippen LogP contribution < -0.4 is 5.32 Å². The molecule has 1 fully saturated rings. The van der Waals surface area contributed by atoms with Crippen LogP contribution in [0.1, 0.15) is 42.7 Å². The quantitative estimate of drug-likeness (QED) is 0.508. The molecule has 0 aromatic heterocycles. The highest BCUT2D eigenvalue weighted by Gasteiger charge is 2.39. The molecule has 3 nitrogen and oxygen atoms in total. The largest absolute Gasteiger partial charge is 0.324 e. The maximum absolute atomic E-state index is 11.9. The molecule has 0 bridgehead atoms. The number of fused-ring (bicyclic) bond motifs is 4. The van der Waals surface area contributed by atoms with Crippen molar-refractivity contribution in [2.75, 3.05) is 5.32 Å². The zero-order valence-electron chi connectivity index (χ0n) is 14.5. The number of amides is 1. The van der Waals surface area contributed by atoms with Gasteiger partial charge in [-0.25, -0.2) is 0 Å². The van der Waals surface area contributed by atoms with E-state index in [9.17, 15) is 4.79 Å².